The van der Waals surface area contributed by atoms with Crippen molar-refractivity contribution in [1.82, 2.24) is 5.32 Å². The third kappa shape index (κ3) is 2.48. The summed E-state index contributed by atoms with van der Waals surface area (Å²) in [4.78, 5) is 0. The molecule has 0 aliphatic heterocycles. The first-order chi connectivity index (χ1) is 6.79. The van der Waals surface area contributed by atoms with E-state index < -0.39 is 0 Å². The van der Waals surface area contributed by atoms with E-state index in [1.54, 1.807) is 0 Å². The van der Waals surface area contributed by atoms with Gasteiger partial charge in [-0.1, -0.05) is 33.1 Å². The van der Waals surface area contributed by atoms with E-state index in [1.807, 2.05) is 7.11 Å². The number of likely N-dealkylation sites (N-methyl/N-ethyl adjacent to an activating group) is 1. The van der Waals surface area contributed by atoms with E-state index in [0.717, 1.165) is 6.54 Å². The van der Waals surface area contributed by atoms with Crippen molar-refractivity contribution in [1.29, 1.82) is 0 Å². The zero-order valence-electron chi connectivity index (χ0n) is 9.94. The van der Waals surface area contributed by atoms with E-state index in [-0.39, 0.29) is 5.60 Å². The van der Waals surface area contributed by atoms with Crippen molar-refractivity contribution < 1.29 is 4.74 Å². The predicted molar refractivity (Wildman–Crippen MR) is 60.6 cm³/mol. The predicted octanol–water partition coefficient (Wildman–Crippen LogP) is 2.72. The molecular weight excluding hydrogens is 174 g/mol. The fraction of sp³-hybridized carbons (Fsp3) is 1.00. The summed E-state index contributed by atoms with van der Waals surface area (Å²) >= 11 is 0. The summed E-state index contributed by atoms with van der Waals surface area (Å²) in [6.45, 7) is 5.49. The van der Waals surface area contributed by atoms with Gasteiger partial charge in [0.05, 0.1) is 5.60 Å². The third-order valence-electron chi connectivity index (χ3n) is 3.52. The highest BCUT2D eigenvalue weighted by Gasteiger charge is 2.40. The Balaban J connectivity index is 2.61. The van der Waals surface area contributed by atoms with Gasteiger partial charge in [0.1, 0.15) is 0 Å². The molecule has 0 spiro atoms. The maximum absolute atomic E-state index is 5.80. The largest absolute Gasteiger partial charge is 0.377 e. The van der Waals surface area contributed by atoms with Gasteiger partial charge in [-0.05, 0) is 25.8 Å². The van der Waals surface area contributed by atoms with Gasteiger partial charge < -0.3 is 10.1 Å². The van der Waals surface area contributed by atoms with Crippen LogP contribution in [0.3, 0.4) is 0 Å². The molecule has 1 fully saturated rings. The van der Waals surface area contributed by atoms with Gasteiger partial charge in [0.2, 0.25) is 0 Å². The molecular formula is C12H25NO. The SMILES string of the molecule is CCCC(NCC)C1(OC)CCCC1. The second-order valence-electron chi connectivity index (χ2n) is 4.37. The molecule has 0 bridgehead atoms. The molecule has 1 saturated carbocycles. The number of hydrogen-bond donors (Lipinski definition) is 1. The van der Waals surface area contributed by atoms with E-state index in [1.165, 1.54) is 38.5 Å². The lowest BCUT2D eigenvalue weighted by atomic mass is 9.89. The number of rotatable bonds is 6. The van der Waals surface area contributed by atoms with Crippen LogP contribution in [-0.4, -0.2) is 25.3 Å². The van der Waals surface area contributed by atoms with Crippen LogP contribution in [0.15, 0.2) is 0 Å². The van der Waals surface area contributed by atoms with Crippen LogP contribution >= 0.6 is 0 Å². The maximum atomic E-state index is 5.80. The molecule has 1 unspecified atom stereocenters. The summed E-state index contributed by atoms with van der Waals surface area (Å²) in [6.07, 6.45) is 7.62. The minimum Gasteiger partial charge on any atom is -0.377 e. The number of methoxy groups -OCH3 is 1. The topological polar surface area (TPSA) is 21.3 Å². The first-order valence-corrected chi connectivity index (χ1v) is 6.07. The van der Waals surface area contributed by atoms with Gasteiger partial charge in [-0.3, -0.25) is 0 Å². The normalized spacial score (nSPS) is 22.5. The van der Waals surface area contributed by atoms with Gasteiger partial charge in [-0.25, -0.2) is 0 Å². The Kier molecular flexibility index (Phi) is 4.90. The highest BCUT2D eigenvalue weighted by molar-refractivity contribution is 4.96. The minimum absolute atomic E-state index is 0.145. The van der Waals surface area contributed by atoms with Crippen molar-refractivity contribution in [3.05, 3.63) is 0 Å². The monoisotopic (exact) mass is 199 g/mol. The molecule has 0 aromatic heterocycles. The Labute approximate surface area is 88.4 Å². The molecule has 0 saturated heterocycles. The summed E-state index contributed by atoms with van der Waals surface area (Å²) in [6, 6.07) is 0.560. The zero-order chi connectivity index (χ0) is 10.4. The van der Waals surface area contributed by atoms with Gasteiger partial charge in [-0.2, -0.15) is 0 Å². The zero-order valence-corrected chi connectivity index (χ0v) is 9.94. The van der Waals surface area contributed by atoms with Gasteiger partial charge in [0.15, 0.2) is 0 Å². The van der Waals surface area contributed by atoms with Crippen molar-refractivity contribution in [3.63, 3.8) is 0 Å². The molecule has 84 valence electrons. The van der Waals surface area contributed by atoms with Crippen molar-refractivity contribution in [2.24, 2.45) is 0 Å². The molecule has 14 heavy (non-hydrogen) atoms. The quantitative estimate of drug-likeness (QED) is 0.710. The molecule has 2 heteroatoms. The molecule has 1 atom stereocenters. The van der Waals surface area contributed by atoms with Crippen LogP contribution in [0.1, 0.15) is 52.4 Å². The van der Waals surface area contributed by atoms with E-state index in [9.17, 15) is 0 Å². The van der Waals surface area contributed by atoms with Crippen molar-refractivity contribution in [2.45, 2.75) is 64.0 Å². The fourth-order valence-electron chi connectivity index (χ4n) is 2.75. The summed E-state index contributed by atoms with van der Waals surface area (Å²) in [5.41, 5.74) is 0.145. The first kappa shape index (κ1) is 12.0. The summed E-state index contributed by atoms with van der Waals surface area (Å²) in [5, 5.41) is 3.59. The van der Waals surface area contributed by atoms with E-state index in [2.05, 4.69) is 19.2 Å². The average Bonchev–Trinajstić information content (AvgIpc) is 2.67. The van der Waals surface area contributed by atoms with Crippen LogP contribution in [0.2, 0.25) is 0 Å². The van der Waals surface area contributed by atoms with E-state index in [4.69, 9.17) is 4.74 Å². The van der Waals surface area contributed by atoms with Gasteiger partial charge in [0, 0.05) is 13.2 Å². The molecule has 1 rings (SSSR count). The van der Waals surface area contributed by atoms with Crippen LogP contribution in [-0.2, 0) is 4.74 Å². The van der Waals surface area contributed by atoms with Crippen LogP contribution in [0.25, 0.3) is 0 Å². The van der Waals surface area contributed by atoms with Crippen molar-refractivity contribution in [3.8, 4) is 0 Å². The van der Waals surface area contributed by atoms with Gasteiger partial charge in [0.25, 0.3) is 0 Å². The van der Waals surface area contributed by atoms with Crippen LogP contribution < -0.4 is 5.32 Å². The maximum Gasteiger partial charge on any atom is 0.0830 e. The lowest BCUT2D eigenvalue weighted by Gasteiger charge is -2.37. The Morgan fingerprint density at radius 3 is 2.36 bits per heavy atom. The number of ether oxygens (including phenoxy) is 1. The molecule has 0 aromatic carbocycles. The van der Waals surface area contributed by atoms with Crippen LogP contribution in [0, 0.1) is 0 Å². The Morgan fingerprint density at radius 2 is 1.93 bits per heavy atom. The van der Waals surface area contributed by atoms with Crippen LogP contribution in [0.4, 0.5) is 0 Å². The van der Waals surface area contributed by atoms with E-state index in [0.29, 0.717) is 6.04 Å². The Hall–Kier alpha value is -0.0800. The number of nitrogens with one attached hydrogen (secondary N) is 1. The third-order valence-corrected chi connectivity index (χ3v) is 3.52. The van der Waals surface area contributed by atoms with Gasteiger partial charge >= 0.3 is 0 Å². The molecule has 2 nitrogen and oxygen atoms in total. The lowest BCUT2D eigenvalue weighted by molar-refractivity contribution is -0.0375. The van der Waals surface area contributed by atoms with Gasteiger partial charge in [-0.15, -0.1) is 0 Å². The number of hydrogen-bond acceptors (Lipinski definition) is 2. The molecule has 1 N–H and O–H groups in total. The molecule has 0 amide bonds. The van der Waals surface area contributed by atoms with E-state index >= 15 is 0 Å². The Morgan fingerprint density at radius 1 is 1.29 bits per heavy atom. The fourth-order valence-corrected chi connectivity index (χ4v) is 2.75. The summed E-state index contributed by atoms with van der Waals surface area (Å²) in [7, 11) is 1.88. The molecule has 0 aromatic rings. The smallest absolute Gasteiger partial charge is 0.0830 e. The van der Waals surface area contributed by atoms with Crippen molar-refractivity contribution in [2.75, 3.05) is 13.7 Å². The second kappa shape index (κ2) is 5.72. The highest BCUT2D eigenvalue weighted by Crippen LogP contribution is 2.37. The minimum atomic E-state index is 0.145. The molecule has 1 aliphatic carbocycles. The average molecular weight is 199 g/mol. The molecule has 1 aliphatic rings. The molecule has 0 radical (unpaired) electrons. The standard InChI is InChI=1S/C12H25NO/c1-4-8-11(13-5-2)12(14-3)9-6-7-10-12/h11,13H,4-10H2,1-3H3. The Bertz CT molecular complexity index is 146. The lowest BCUT2D eigenvalue weighted by Crippen LogP contribution is -2.50. The summed E-state index contributed by atoms with van der Waals surface area (Å²) in [5.74, 6) is 0. The summed E-state index contributed by atoms with van der Waals surface area (Å²) < 4.78 is 5.80. The second-order valence-corrected chi connectivity index (χ2v) is 4.37. The van der Waals surface area contributed by atoms with Crippen molar-refractivity contribution >= 4 is 0 Å². The first-order valence-electron chi connectivity index (χ1n) is 6.07. The highest BCUT2D eigenvalue weighted by atomic mass is 16.5. The van der Waals surface area contributed by atoms with Crippen LogP contribution in [0.5, 0.6) is 0 Å². The molecule has 0 heterocycles.